The van der Waals surface area contributed by atoms with Crippen molar-refractivity contribution in [2.24, 2.45) is 0 Å². The number of rotatable bonds is 6. The average molecular weight is 379 g/mol. The Balaban J connectivity index is 2.02. The summed E-state index contributed by atoms with van der Waals surface area (Å²) in [6.45, 7) is 5.81. The van der Waals surface area contributed by atoms with Crippen molar-refractivity contribution < 1.29 is 14.3 Å². The summed E-state index contributed by atoms with van der Waals surface area (Å²) in [5, 5.41) is 14.4. The molecule has 0 unspecified atom stereocenters. The van der Waals surface area contributed by atoms with E-state index in [1.165, 1.54) is 0 Å². The lowest BCUT2D eigenvalue weighted by Crippen LogP contribution is -2.39. The van der Waals surface area contributed by atoms with Gasteiger partial charge in [-0.25, -0.2) is 4.79 Å². The largest absolute Gasteiger partial charge is 0.444 e. The Bertz CT molecular complexity index is 834. The Kier molecular flexibility index (Phi) is 7.16. The molecule has 2 aromatic carbocycles. The third kappa shape index (κ3) is 6.76. The highest BCUT2D eigenvalue weighted by Crippen LogP contribution is 2.16. The van der Waals surface area contributed by atoms with Gasteiger partial charge in [0.15, 0.2) is 0 Å². The van der Waals surface area contributed by atoms with Gasteiger partial charge in [-0.15, -0.1) is 0 Å². The molecule has 2 N–H and O–H groups in total. The summed E-state index contributed by atoms with van der Waals surface area (Å²) >= 11 is 0. The zero-order valence-electron chi connectivity index (χ0n) is 16.4. The topological polar surface area (TPSA) is 91.2 Å². The minimum absolute atomic E-state index is 0.123. The molecule has 2 rings (SSSR count). The molecule has 28 heavy (non-hydrogen) atoms. The summed E-state index contributed by atoms with van der Waals surface area (Å²) < 4.78 is 5.25. The molecule has 0 aliphatic rings. The minimum Gasteiger partial charge on any atom is -0.444 e. The molecule has 0 aliphatic carbocycles. The van der Waals surface area contributed by atoms with E-state index in [4.69, 9.17) is 10.00 Å². The summed E-state index contributed by atoms with van der Waals surface area (Å²) in [4.78, 5) is 24.7. The summed E-state index contributed by atoms with van der Waals surface area (Å²) in [5.74, 6) is -0.751. The third-order valence-corrected chi connectivity index (χ3v) is 3.92. The van der Waals surface area contributed by atoms with E-state index < -0.39 is 17.6 Å². The van der Waals surface area contributed by atoms with E-state index in [0.717, 1.165) is 11.1 Å². The maximum Gasteiger partial charge on any atom is 0.407 e. The zero-order valence-corrected chi connectivity index (χ0v) is 16.4. The van der Waals surface area contributed by atoms with Crippen LogP contribution < -0.4 is 10.6 Å². The number of nitriles is 1. The molecule has 6 nitrogen and oxygen atoms in total. The minimum atomic E-state index is -0.607. The molecule has 0 fully saturated rings. The van der Waals surface area contributed by atoms with Gasteiger partial charge in [0.05, 0.1) is 17.6 Å². The van der Waals surface area contributed by atoms with Crippen LogP contribution in [0.4, 0.5) is 4.79 Å². The highest BCUT2D eigenvalue weighted by molar-refractivity contribution is 5.84. The van der Waals surface area contributed by atoms with Crippen LogP contribution in [0.3, 0.4) is 0 Å². The molecular weight excluding hydrogens is 354 g/mol. The van der Waals surface area contributed by atoms with Crippen LogP contribution in [0.1, 0.15) is 43.4 Å². The second-order valence-electron chi connectivity index (χ2n) is 7.37. The van der Waals surface area contributed by atoms with Crippen molar-refractivity contribution in [2.75, 3.05) is 6.54 Å². The fourth-order valence-corrected chi connectivity index (χ4v) is 2.56. The van der Waals surface area contributed by atoms with Crippen LogP contribution in [0.2, 0.25) is 0 Å². The highest BCUT2D eigenvalue weighted by atomic mass is 16.6. The fourth-order valence-electron chi connectivity index (χ4n) is 2.56. The Morgan fingerprint density at radius 2 is 1.68 bits per heavy atom. The predicted octanol–water partition coefficient (Wildman–Crippen LogP) is 3.48. The molecule has 0 bridgehead atoms. The zero-order chi connectivity index (χ0) is 20.6. The number of alkyl carbamates (subject to hydrolysis) is 1. The standard InChI is InChI=1S/C22H25N3O3/c1-22(2,3)28-21(27)25-15-19(18-7-5-4-6-8-18)20(26)24-14-17-11-9-16(13-23)10-12-17/h4-12,19H,14-15H2,1-3H3,(H,24,26)(H,25,27)/t19-/m0/s1. The van der Waals surface area contributed by atoms with Crippen LogP contribution in [0.25, 0.3) is 0 Å². The van der Waals surface area contributed by atoms with E-state index >= 15 is 0 Å². The number of nitrogens with one attached hydrogen (secondary N) is 2. The van der Waals surface area contributed by atoms with Crippen LogP contribution in [0.5, 0.6) is 0 Å². The van der Waals surface area contributed by atoms with E-state index in [1.54, 1.807) is 45.0 Å². The third-order valence-electron chi connectivity index (χ3n) is 3.92. The van der Waals surface area contributed by atoms with Crippen LogP contribution >= 0.6 is 0 Å². The van der Waals surface area contributed by atoms with Gasteiger partial charge in [-0.1, -0.05) is 42.5 Å². The Labute approximate surface area is 165 Å². The molecule has 2 amide bonds. The quantitative estimate of drug-likeness (QED) is 0.804. The first-order chi connectivity index (χ1) is 13.3. The van der Waals surface area contributed by atoms with E-state index in [1.807, 2.05) is 30.3 Å². The number of hydrogen-bond donors (Lipinski definition) is 2. The van der Waals surface area contributed by atoms with Gasteiger partial charge in [0.25, 0.3) is 0 Å². The number of hydrogen-bond acceptors (Lipinski definition) is 4. The van der Waals surface area contributed by atoms with Crippen LogP contribution in [0.15, 0.2) is 54.6 Å². The van der Waals surface area contributed by atoms with Crippen molar-refractivity contribution in [1.29, 1.82) is 5.26 Å². The molecule has 0 radical (unpaired) electrons. The van der Waals surface area contributed by atoms with Gasteiger partial charge in [0, 0.05) is 13.1 Å². The SMILES string of the molecule is CC(C)(C)OC(=O)NC[C@H](C(=O)NCc1ccc(C#N)cc1)c1ccccc1. The Morgan fingerprint density at radius 1 is 1.04 bits per heavy atom. The smallest absolute Gasteiger partial charge is 0.407 e. The Hall–Kier alpha value is -3.33. The van der Waals surface area contributed by atoms with Crippen LogP contribution in [0, 0.1) is 11.3 Å². The van der Waals surface area contributed by atoms with Crippen molar-refractivity contribution in [3.63, 3.8) is 0 Å². The molecule has 0 spiro atoms. The van der Waals surface area contributed by atoms with E-state index in [-0.39, 0.29) is 12.5 Å². The molecule has 0 aliphatic heterocycles. The Morgan fingerprint density at radius 3 is 2.25 bits per heavy atom. The van der Waals surface area contributed by atoms with Crippen molar-refractivity contribution in [1.82, 2.24) is 10.6 Å². The van der Waals surface area contributed by atoms with E-state index in [2.05, 4.69) is 16.7 Å². The summed E-state index contributed by atoms with van der Waals surface area (Å²) in [5.41, 5.74) is 1.65. The molecule has 0 heterocycles. The number of carbonyl (C=O) groups is 2. The molecular formula is C22H25N3O3. The second kappa shape index (κ2) is 9.56. The summed E-state index contributed by atoms with van der Waals surface area (Å²) in [6.07, 6.45) is -0.562. The summed E-state index contributed by atoms with van der Waals surface area (Å²) in [7, 11) is 0. The van der Waals surface area contributed by atoms with Gasteiger partial charge in [-0.3, -0.25) is 4.79 Å². The number of benzene rings is 2. The van der Waals surface area contributed by atoms with Gasteiger partial charge >= 0.3 is 6.09 Å². The van der Waals surface area contributed by atoms with Crippen molar-refractivity contribution in [3.05, 3.63) is 71.3 Å². The molecule has 0 saturated carbocycles. The van der Waals surface area contributed by atoms with Crippen LogP contribution in [-0.4, -0.2) is 24.1 Å². The molecule has 146 valence electrons. The lowest BCUT2D eigenvalue weighted by Gasteiger charge is -2.22. The van der Waals surface area contributed by atoms with E-state index in [9.17, 15) is 9.59 Å². The first kappa shape index (κ1) is 21.0. The molecule has 0 aromatic heterocycles. The number of nitrogens with zero attached hydrogens (tertiary/aromatic N) is 1. The van der Waals surface area contributed by atoms with Crippen molar-refractivity contribution >= 4 is 12.0 Å². The number of ether oxygens (including phenoxy) is 1. The number of carbonyl (C=O) groups excluding carboxylic acids is 2. The maximum absolute atomic E-state index is 12.8. The summed E-state index contributed by atoms with van der Waals surface area (Å²) in [6, 6.07) is 18.4. The first-order valence-corrected chi connectivity index (χ1v) is 9.07. The van der Waals surface area contributed by atoms with Gasteiger partial charge in [0.1, 0.15) is 5.60 Å². The van der Waals surface area contributed by atoms with Gasteiger partial charge < -0.3 is 15.4 Å². The van der Waals surface area contributed by atoms with Gasteiger partial charge in [-0.05, 0) is 44.0 Å². The van der Waals surface area contributed by atoms with Crippen molar-refractivity contribution in [2.45, 2.75) is 38.8 Å². The van der Waals surface area contributed by atoms with Crippen LogP contribution in [-0.2, 0) is 16.1 Å². The molecule has 2 aromatic rings. The van der Waals surface area contributed by atoms with Gasteiger partial charge in [-0.2, -0.15) is 5.26 Å². The lowest BCUT2D eigenvalue weighted by atomic mass is 9.98. The van der Waals surface area contributed by atoms with Gasteiger partial charge in [0.2, 0.25) is 5.91 Å². The highest BCUT2D eigenvalue weighted by Gasteiger charge is 2.23. The number of amides is 2. The van der Waals surface area contributed by atoms with E-state index in [0.29, 0.717) is 12.1 Å². The second-order valence-corrected chi connectivity index (χ2v) is 7.37. The lowest BCUT2D eigenvalue weighted by molar-refractivity contribution is -0.122. The first-order valence-electron chi connectivity index (χ1n) is 9.07. The molecule has 1 atom stereocenters. The normalized spacial score (nSPS) is 11.8. The predicted molar refractivity (Wildman–Crippen MR) is 106 cm³/mol. The van der Waals surface area contributed by atoms with Crippen molar-refractivity contribution in [3.8, 4) is 6.07 Å². The average Bonchev–Trinajstić information content (AvgIpc) is 2.66. The monoisotopic (exact) mass is 379 g/mol. The maximum atomic E-state index is 12.8. The fraction of sp³-hybridized carbons (Fsp3) is 0.318. The molecule has 6 heteroatoms. The molecule has 0 saturated heterocycles.